The van der Waals surface area contributed by atoms with Crippen molar-refractivity contribution in [2.45, 2.75) is 25.9 Å². The minimum Gasteiger partial charge on any atom is -0.340 e. The first-order chi connectivity index (χ1) is 12.9. The largest absolute Gasteiger partial charge is 0.340 e. The third kappa shape index (κ3) is 5.17. The van der Waals surface area contributed by atoms with Gasteiger partial charge in [0.25, 0.3) is 0 Å². The predicted octanol–water partition coefficient (Wildman–Crippen LogP) is 1.87. The molecule has 0 aliphatic carbocycles. The minimum atomic E-state index is -0.307. The van der Waals surface area contributed by atoms with Crippen LogP contribution in [0.1, 0.15) is 19.2 Å². The Morgan fingerprint density at radius 2 is 2.11 bits per heavy atom. The number of H-pyrrole nitrogens is 1. The van der Waals surface area contributed by atoms with Crippen molar-refractivity contribution in [3.05, 3.63) is 29.8 Å². The van der Waals surface area contributed by atoms with Gasteiger partial charge in [-0.2, -0.15) is 0 Å². The Hall–Kier alpha value is -2.19. The van der Waals surface area contributed by atoms with Crippen LogP contribution in [-0.4, -0.2) is 83.6 Å². The van der Waals surface area contributed by atoms with Gasteiger partial charge in [0, 0.05) is 45.8 Å². The third-order valence-corrected chi connectivity index (χ3v) is 5.23. The minimum absolute atomic E-state index is 0.132. The lowest BCUT2D eigenvalue weighted by atomic mass is 10.1. The van der Waals surface area contributed by atoms with Gasteiger partial charge in [0.15, 0.2) is 0 Å². The Kier molecular flexibility index (Phi) is 6.28. The van der Waals surface area contributed by atoms with Crippen molar-refractivity contribution >= 4 is 17.1 Å². The van der Waals surface area contributed by atoms with Crippen LogP contribution in [0.15, 0.2) is 18.2 Å². The van der Waals surface area contributed by atoms with E-state index >= 15 is 0 Å². The molecule has 0 bridgehead atoms. The summed E-state index contributed by atoms with van der Waals surface area (Å²) in [6.45, 7) is 7.56. The highest BCUT2D eigenvalue weighted by atomic mass is 19.1. The summed E-state index contributed by atoms with van der Waals surface area (Å²) in [7, 11) is 3.88. The molecule has 148 valence electrons. The molecule has 0 spiro atoms. The Morgan fingerprint density at radius 3 is 2.85 bits per heavy atom. The van der Waals surface area contributed by atoms with Gasteiger partial charge in [-0.25, -0.2) is 14.2 Å². The molecule has 0 saturated carbocycles. The molecule has 3 rings (SSSR count). The lowest BCUT2D eigenvalue weighted by Crippen LogP contribution is -2.49. The highest BCUT2D eigenvalue weighted by Gasteiger charge is 2.19. The molecular weight excluding hydrogens is 347 g/mol. The lowest BCUT2D eigenvalue weighted by molar-refractivity contribution is 0.114. The maximum Gasteiger partial charge on any atom is 0.317 e. The number of nitrogens with zero attached hydrogens (tertiary/aromatic N) is 4. The summed E-state index contributed by atoms with van der Waals surface area (Å²) >= 11 is 0. The van der Waals surface area contributed by atoms with E-state index in [1.807, 2.05) is 0 Å². The van der Waals surface area contributed by atoms with Gasteiger partial charge >= 0.3 is 6.03 Å². The van der Waals surface area contributed by atoms with E-state index in [4.69, 9.17) is 0 Å². The number of urea groups is 1. The number of piperazine rings is 1. The van der Waals surface area contributed by atoms with E-state index in [1.165, 1.54) is 12.1 Å². The summed E-state index contributed by atoms with van der Waals surface area (Å²) in [5.41, 5.74) is 1.33. The van der Waals surface area contributed by atoms with Crippen LogP contribution in [0.4, 0.5) is 9.18 Å². The fraction of sp³-hybridized carbons (Fsp3) is 0.579. The number of carbonyl (C=O) groups excluding carboxylic acids is 1. The van der Waals surface area contributed by atoms with Crippen LogP contribution in [0, 0.1) is 5.82 Å². The summed E-state index contributed by atoms with van der Waals surface area (Å²) in [4.78, 5) is 26.2. The van der Waals surface area contributed by atoms with Crippen molar-refractivity contribution in [2.75, 3.05) is 46.8 Å². The second-order valence-electron chi connectivity index (χ2n) is 7.41. The average molecular weight is 376 g/mol. The molecular formula is C19H29FN6O. The molecule has 8 heteroatoms. The molecule has 2 amide bonds. The number of imidazole rings is 1. The van der Waals surface area contributed by atoms with Gasteiger partial charge < -0.3 is 20.1 Å². The SMILES string of the molecule is C[C@@H](CCNC(=O)N(C)Cc1nc2ccc(F)cc2[nH]1)N1CCN(C)CC1. The summed E-state index contributed by atoms with van der Waals surface area (Å²) in [5, 5.41) is 2.97. The second-order valence-corrected chi connectivity index (χ2v) is 7.41. The van der Waals surface area contributed by atoms with Gasteiger partial charge in [-0.05, 0) is 38.6 Å². The summed E-state index contributed by atoms with van der Waals surface area (Å²) in [6, 6.07) is 4.74. The van der Waals surface area contributed by atoms with Crippen molar-refractivity contribution in [2.24, 2.45) is 0 Å². The maximum atomic E-state index is 13.3. The monoisotopic (exact) mass is 376 g/mol. The molecule has 27 heavy (non-hydrogen) atoms. The molecule has 2 N–H and O–H groups in total. The first-order valence-corrected chi connectivity index (χ1v) is 9.48. The standard InChI is InChI=1S/C19H29FN6O/c1-14(26-10-8-24(2)9-11-26)6-7-21-19(27)25(3)13-18-22-16-5-4-15(20)12-17(16)23-18/h4-5,12,14H,6-11,13H2,1-3H3,(H,21,27)(H,22,23)/t14-/m0/s1. The zero-order valence-corrected chi connectivity index (χ0v) is 16.3. The quantitative estimate of drug-likeness (QED) is 0.808. The number of aromatic amines is 1. The van der Waals surface area contributed by atoms with Crippen molar-refractivity contribution < 1.29 is 9.18 Å². The highest BCUT2D eigenvalue weighted by Crippen LogP contribution is 2.14. The maximum absolute atomic E-state index is 13.3. The number of amides is 2. The highest BCUT2D eigenvalue weighted by molar-refractivity contribution is 5.76. The van der Waals surface area contributed by atoms with E-state index in [-0.39, 0.29) is 11.8 Å². The number of halogens is 1. The Bertz CT molecular complexity index is 771. The fourth-order valence-electron chi connectivity index (χ4n) is 3.37. The normalized spacial score (nSPS) is 17.2. The fourth-order valence-corrected chi connectivity index (χ4v) is 3.37. The molecule has 1 aliphatic heterocycles. The zero-order valence-electron chi connectivity index (χ0n) is 16.3. The summed E-state index contributed by atoms with van der Waals surface area (Å²) in [5.74, 6) is 0.331. The van der Waals surface area contributed by atoms with Crippen LogP contribution in [-0.2, 0) is 6.54 Å². The molecule has 2 aromatic rings. The Labute approximate surface area is 159 Å². The van der Waals surface area contributed by atoms with Crippen LogP contribution < -0.4 is 5.32 Å². The number of hydrogen-bond donors (Lipinski definition) is 2. The molecule has 1 fully saturated rings. The number of carbonyl (C=O) groups is 1. The molecule has 1 aliphatic rings. The van der Waals surface area contributed by atoms with E-state index in [0.717, 1.165) is 32.6 Å². The number of nitrogens with one attached hydrogen (secondary N) is 2. The van der Waals surface area contributed by atoms with Crippen LogP contribution in [0.5, 0.6) is 0 Å². The number of hydrogen-bond acceptors (Lipinski definition) is 4. The van der Waals surface area contributed by atoms with E-state index < -0.39 is 0 Å². The third-order valence-electron chi connectivity index (χ3n) is 5.23. The van der Waals surface area contributed by atoms with E-state index in [2.05, 4.69) is 39.1 Å². The van der Waals surface area contributed by atoms with E-state index in [1.54, 1.807) is 18.0 Å². The molecule has 0 radical (unpaired) electrons. The Balaban J connectivity index is 1.43. The molecule has 7 nitrogen and oxygen atoms in total. The molecule has 2 heterocycles. The predicted molar refractivity (Wildman–Crippen MR) is 104 cm³/mol. The van der Waals surface area contributed by atoms with Gasteiger partial charge in [0.2, 0.25) is 0 Å². The molecule has 1 saturated heterocycles. The summed E-state index contributed by atoms with van der Waals surface area (Å²) < 4.78 is 13.3. The van der Waals surface area contributed by atoms with Gasteiger partial charge in [0.05, 0.1) is 17.6 Å². The number of fused-ring (bicyclic) bond motifs is 1. The van der Waals surface area contributed by atoms with Gasteiger partial charge in [-0.1, -0.05) is 0 Å². The molecule has 1 aromatic heterocycles. The van der Waals surface area contributed by atoms with Crippen molar-refractivity contribution in [1.29, 1.82) is 0 Å². The molecule has 0 unspecified atom stereocenters. The number of benzene rings is 1. The van der Waals surface area contributed by atoms with Gasteiger partial charge in [-0.3, -0.25) is 4.90 Å². The second kappa shape index (κ2) is 8.67. The van der Waals surface area contributed by atoms with E-state index in [0.29, 0.717) is 36.0 Å². The van der Waals surface area contributed by atoms with Crippen LogP contribution in [0.3, 0.4) is 0 Å². The topological polar surface area (TPSA) is 67.5 Å². The number of rotatable bonds is 6. The summed E-state index contributed by atoms with van der Waals surface area (Å²) in [6.07, 6.45) is 0.924. The molecule has 1 aromatic carbocycles. The smallest absolute Gasteiger partial charge is 0.317 e. The zero-order chi connectivity index (χ0) is 19.4. The van der Waals surface area contributed by atoms with Crippen molar-refractivity contribution in [1.82, 2.24) is 30.0 Å². The molecule has 1 atom stereocenters. The van der Waals surface area contributed by atoms with Crippen molar-refractivity contribution in [3.8, 4) is 0 Å². The van der Waals surface area contributed by atoms with Crippen LogP contribution in [0.2, 0.25) is 0 Å². The van der Waals surface area contributed by atoms with Gasteiger partial charge in [0.1, 0.15) is 11.6 Å². The van der Waals surface area contributed by atoms with Crippen LogP contribution in [0.25, 0.3) is 11.0 Å². The first kappa shape index (κ1) is 19.6. The number of likely N-dealkylation sites (N-methyl/N-ethyl adjacent to an activating group) is 1. The van der Waals surface area contributed by atoms with Crippen molar-refractivity contribution in [3.63, 3.8) is 0 Å². The van der Waals surface area contributed by atoms with Crippen LogP contribution >= 0.6 is 0 Å². The number of aromatic nitrogens is 2. The van der Waals surface area contributed by atoms with Gasteiger partial charge in [-0.15, -0.1) is 0 Å². The lowest BCUT2D eigenvalue weighted by Gasteiger charge is -2.36. The average Bonchev–Trinajstić information content (AvgIpc) is 3.03. The Morgan fingerprint density at radius 1 is 1.37 bits per heavy atom. The first-order valence-electron chi connectivity index (χ1n) is 9.48. The van der Waals surface area contributed by atoms with E-state index in [9.17, 15) is 9.18 Å².